The van der Waals surface area contributed by atoms with Crippen LogP contribution in [0.5, 0.6) is 5.75 Å². The third kappa shape index (κ3) is 4.44. The number of aromatic nitrogens is 2. The highest BCUT2D eigenvalue weighted by atomic mass is 32.2. The Morgan fingerprint density at radius 1 is 1.00 bits per heavy atom. The van der Waals surface area contributed by atoms with Gasteiger partial charge >= 0.3 is 0 Å². The Bertz CT molecular complexity index is 1330. The molecule has 1 heterocycles. The smallest absolute Gasteiger partial charge is 0.261 e. The van der Waals surface area contributed by atoms with E-state index in [1.54, 1.807) is 59.4 Å². The number of ether oxygens (including phenoxy) is 1. The minimum absolute atomic E-state index is 0.0996. The molecule has 0 saturated carbocycles. The van der Waals surface area contributed by atoms with Crippen LogP contribution < -0.4 is 9.46 Å². The molecule has 0 atom stereocenters. The Labute approximate surface area is 180 Å². The second-order valence-electron chi connectivity index (χ2n) is 6.95. The predicted octanol–water partition coefficient (Wildman–Crippen LogP) is 4.80. The first-order valence-electron chi connectivity index (χ1n) is 9.43. The van der Waals surface area contributed by atoms with Crippen molar-refractivity contribution in [1.82, 2.24) is 9.55 Å². The lowest BCUT2D eigenvalue weighted by Crippen LogP contribution is -2.13. The molecule has 0 radical (unpaired) electrons. The Morgan fingerprint density at radius 2 is 1.77 bits per heavy atom. The number of benzene rings is 3. The third-order valence-electron chi connectivity index (χ3n) is 4.74. The molecule has 0 aliphatic heterocycles. The first kappa shape index (κ1) is 20.6. The SMILES string of the molecule is COc1cc(NS(=O)(=O)c2cccc(-c3ccc(F)cc3)c2)ccc1-n1cnc(C)c1. The van der Waals surface area contributed by atoms with Gasteiger partial charge in [0.05, 0.1) is 35.4 Å². The summed E-state index contributed by atoms with van der Waals surface area (Å²) in [5.74, 6) is 0.148. The second-order valence-corrected chi connectivity index (χ2v) is 8.63. The zero-order valence-corrected chi connectivity index (χ0v) is 17.7. The largest absolute Gasteiger partial charge is 0.494 e. The molecule has 0 saturated heterocycles. The van der Waals surface area contributed by atoms with Crippen molar-refractivity contribution in [2.45, 2.75) is 11.8 Å². The molecule has 0 aliphatic rings. The van der Waals surface area contributed by atoms with Crippen molar-refractivity contribution >= 4 is 15.7 Å². The lowest BCUT2D eigenvalue weighted by Gasteiger charge is -2.13. The van der Waals surface area contributed by atoms with E-state index in [1.165, 1.54) is 25.3 Å². The highest BCUT2D eigenvalue weighted by Gasteiger charge is 2.17. The molecule has 3 aromatic carbocycles. The van der Waals surface area contributed by atoms with E-state index in [9.17, 15) is 12.8 Å². The molecule has 0 unspecified atom stereocenters. The van der Waals surface area contributed by atoms with Crippen LogP contribution in [-0.2, 0) is 10.0 Å². The monoisotopic (exact) mass is 437 g/mol. The molecule has 1 N–H and O–H groups in total. The summed E-state index contributed by atoms with van der Waals surface area (Å²) in [6.07, 6.45) is 3.51. The molecule has 31 heavy (non-hydrogen) atoms. The van der Waals surface area contributed by atoms with Gasteiger partial charge in [-0.05, 0) is 54.4 Å². The lowest BCUT2D eigenvalue weighted by molar-refractivity contribution is 0.413. The number of rotatable bonds is 6. The van der Waals surface area contributed by atoms with Gasteiger partial charge in [0, 0.05) is 12.3 Å². The van der Waals surface area contributed by atoms with E-state index in [-0.39, 0.29) is 10.7 Å². The predicted molar refractivity (Wildman–Crippen MR) is 117 cm³/mol. The molecule has 4 aromatic rings. The van der Waals surface area contributed by atoms with Crippen LogP contribution in [0.15, 0.2) is 84.1 Å². The fourth-order valence-electron chi connectivity index (χ4n) is 3.21. The highest BCUT2D eigenvalue weighted by Crippen LogP contribution is 2.29. The molecular weight excluding hydrogens is 417 g/mol. The summed E-state index contributed by atoms with van der Waals surface area (Å²) in [6, 6.07) is 17.4. The summed E-state index contributed by atoms with van der Waals surface area (Å²) in [6.45, 7) is 1.88. The van der Waals surface area contributed by atoms with Gasteiger partial charge in [-0.15, -0.1) is 0 Å². The molecule has 0 fully saturated rings. The van der Waals surface area contributed by atoms with Gasteiger partial charge in [-0.2, -0.15) is 0 Å². The molecule has 1 aromatic heterocycles. The Hall–Kier alpha value is -3.65. The topological polar surface area (TPSA) is 73.2 Å². The Kier molecular flexibility index (Phi) is 5.48. The summed E-state index contributed by atoms with van der Waals surface area (Å²) < 4.78 is 49.0. The minimum atomic E-state index is -3.85. The zero-order valence-electron chi connectivity index (χ0n) is 16.9. The lowest BCUT2D eigenvalue weighted by atomic mass is 10.1. The molecule has 158 valence electrons. The number of hydrogen-bond donors (Lipinski definition) is 1. The maximum atomic E-state index is 13.2. The van der Waals surface area contributed by atoms with Gasteiger partial charge in [-0.3, -0.25) is 4.72 Å². The van der Waals surface area contributed by atoms with Crippen LogP contribution in [0.4, 0.5) is 10.1 Å². The van der Waals surface area contributed by atoms with Crippen molar-refractivity contribution < 1.29 is 17.5 Å². The number of nitrogens with one attached hydrogen (secondary N) is 1. The number of imidazole rings is 1. The van der Waals surface area contributed by atoms with Crippen molar-refractivity contribution in [3.05, 3.63) is 90.8 Å². The number of anilines is 1. The van der Waals surface area contributed by atoms with Crippen molar-refractivity contribution in [2.24, 2.45) is 0 Å². The van der Waals surface area contributed by atoms with E-state index in [2.05, 4.69) is 9.71 Å². The first-order valence-corrected chi connectivity index (χ1v) is 10.9. The fraction of sp³-hybridized carbons (Fsp3) is 0.0870. The van der Waals surface area contributed by atoms with Crippen LogP contribution in [0.3, 0.4) is 0 Å². The molecule has 0 spiro atoms. The maximum Gasteiger partial charge on any atom is 0.261 e. The average Bonchev–Trinajstić information content (AvgIpc) is 3.20. The van der Waals surface area contributed by atoms with Gasteiger partial charge in [-0.1, -0.05) is 24.3 Å². The third-order valence-corrected chi connectivity index (χ3v) is 6.12. The fourth-order valence-corrected chi connectivity index (χ4v) is 4.30. The van der Waals surface area contributed by atoms with Crippen LogP contribution in [0.25, 0.3) is 16.8 Å². The average molecular weight is 437 g/mol. The number of methoxy groups -OCH3 is 1. The molecule has 8 heteroatoms. The van der Waals surface area contributed by atoms with Crippen molar-refractivity contribution in [3.8, 4) is 22.6 Å². The first-order chi connectivity index (χ1) is 14.9. The molecule has 0 bridgehead atoms. The summed E-state index contributed by atoms with van der Waals surface area (Å²) in [5, 5.41) is 0. The minimum Gasteiger partial charge on any atom is -0.494 e. The zero-order chi connectivity index (χ0) is 22.0. The standard InChI is InChI=1S/C23H20FN3O3S/c1-16-14-27(15-25-16)22-11-10-20(13-23(22)30-2)26-31(28,29)21-5-3-4-18(12-21)17-6-8-19(24)9-7-17/h3-15,26H,1-2H3. The van der Waals surface area contributed by atoms with Crippen molar-refractivity contribution in [2.75, 3.05) is 11.8 Å². The number of hydrogen-bond acceptors (Lipinski definition) is 4. The van der Waals surface area contributed by atoms with Gasteiger partial charge in [0.2, 0.25) is 0 Å². The summed E-state index contributed by atoms with van der Waals surface area (Å²) >= 11 is 0. The van der Waals surface area contributed by atoms with E-state index >= 15 is 0 Å². The van der Waals surface area contributed by atoms with Crippen molar-refractivity contribution in [1.29, 1.82) is 0 Å². The van der Waals surface area contributed by atoms with Crippen LogP contribution in [0.1, 0.15) is 5.69 Å². The Morgan fingerprint density at radius 3 is 2.45 bits per heavy atom. The van der Waals surface area contributed by atoms with Crippen LogP contribution >= 0.6 is 0 Å². The van der Waals surface area contributed by atoms with Crippen molar-refractivity contribution in [3.63, 3.8) is 0 Å². The van der Waals surface area contributed by atoms with Crippen LogP contribution in [0, 0.1) is 12.7 Å². The Balaban J connectivity index is 1.63. The number of nitrogens with zero attached hydrogens (tertiary/aromatic N) is 2. The molecular formula is C23H20FN3O3S. The van der Waals surface area contributed by atoms with E-state index in [0.29, 0.717) is 17.0 Å². The molecule has 0 aliphatic carbocycles. The normalized spacial score (nSPS) is 11.3. The van der Waals surface area contributed by atoms with E-state index < -0.39 is 10.0 Å². The summed E-state index contributed by atoms with van der Waals surface area (Å²) in [5.41, 5.74) is 3.35. The van der Waals surface area contributed by atoms with Crippen LogP contribution in [-0.4, -0.2) is 25.1 Å². The summed E-state index contributed by atoms with van der Waals surface area (Å²) in [4.78, 5) is 4.30. The van der Waals surface area contributed by atoms with Gasteiger partial charge in [-0.25, -0.2) is 17.8 Å². The molecule has 4 rings (SSSR count). The number of aryl methyl sites for hydroxylation is 1. The number of halogens is 1. The van der Waals surface area contributed by atoms with Gasteiger partial charge in [0.25, 0.3) is 10.0 Å². The molecule has 0 amide bonds. The van der Waals surface area contributed by atoms with E-state index in [1.807, 2.05) is 13.1 Å². The second kappa shape index (κ2) is 8.23. The van der Waals surface area contributed by atoms with E-state index in [4.69, 9.17) is 4.74 Å². The highest BCUT2D eigenvalue weighted by molar-refractivity contribution is 7.92. The maximum absolute atomic E-state index is 13.2. The van der Waals surface area contributed by atoms with Gasteiger partial charge in [0.1, 0.15) is 11.6 Å². The van der Waals surface area contributed by atoms with Gasteiger partial charge in [0.15, 0.2) is 0 Å². The summed E-state index contributed by atoms with van der Waals surface area (Å²) in [7, 11) is -2.33. The van der Waals surface area contributed by atoms with Crippen LogP contribution in [0.2, 0.25) is 0 Å². The van der Waals surface area contributed by atoms with Gasteiger partial charge < -0.3 is 9.30 Å². The number of sulfonamides is 1. The quantitative estimate of drug-likeness (QED) is 0.470. The van der Waals surface area contributed by atoms with E-state index in [0.717, 1.165) is 16.9 Å². The molecule has 6 nitrogen and oxygen atoms in total.